The Labute approximate surface area is 111 Å². The van der Waals surface area contributed by atoms with Crippen molar-refractivity contribution >= 4 is 5.91 Å². The number of aryl methyl sites for hydroxylation is 2. The predicted octanol–water partition coefficient (Wildman–Crippen LogP) is 0.396. The second-order valence-electron chi connectivity index (χ2n) is 4.86. The highest BCUT2D eigenvalue weighted by Crippen LogP contribution is 2.18. The molecule has 6 nitrogen and oxygen atoms in total. The van der Waals surface area contributed by atoms with Gasteiger partial charge in [0.25, 0.3) is 5.91 Å². The number of nitrogens with zero attached hydrogens (tertiary/aromatic N) is 3. The fourth-order valence-corrected chi connectivity index (χ4v) is 1.84. The summed E-state index contributed by atoms with van der Waals surface area (Å²) in [5, 5.41) is 17.1. The van der Waals surface area contributed by atoms with Crippen molar-refractivity contribution in [2.24, 2.45) is 14.1 Å². The first-order valence-electron chi connectivity index (χ1n) is 6.01. The minimum absolute atomic E-state index is 0.128. The molecule has 0 fully saturated rings. The smallest absolute Gasteiger partial charge is 0.268 e. The summed E-state index contributed by atoms with van der Waals surface area (Å²) >= 11 is 0. The lowest BCUT2D eigenvalue weighted by atomic mass is 10.00. The van der Waals surface area contributed by atoms with Crippen LogP contribution >= 0.6 is 0 Å². The largest absolute Gasteiger partial charge is 0.383 e. The zero-order valence-electron chi connectivity index (χ0n) is 11.3. The van der Waals surface area contributed by atoms with Gasteiger partial charge in [-0.3, -0.25) is 9.48 Å². The molecule has 0 aromatic carbocycles. The molecule has 0 bridgehead atoms. The van der Waals surface area contributed by atoms with E-state index in [0.29, 0.717) is 11.3 Å². The molecule has 102 valence electrons. The number of aliphatic hydroxyl groups is 1. The van der Waals surface area contributed by atoms with E-state index in [0.717, 1.165) is 0 Å². The van der Waals surface area contributed by atoms with E-state index in [1.165, 1.54) is 0 Å². The molecule has 0 radical (unpaired) electrons. The Balaban J connectivity index is 2.02. The first kappa shape index (κ1) is 13.4. The minimum atomic E-state index is -1.14. The molecule has 0 saturated heterocycles. The van der Waals surface area contributed by atoms with Crippen molar-refractivity contribution < 1.29 is 9.90 Å². The van der Waals surface area contributed by atoms with E-state index in [9.17, 15) is 9.90 Å². The zero-order chi connectivity index (χ0) is 14.0. The summed E-state index contributed by atoms with van der Waals surface area (Å²) < 4.78 is 3.34. The first-order valence-corrected chi connectivity index (χ1v) is 6.01. The van der Waals surface area contributed by atoms with Gasteiger partial charge in [0, 0.05) is 32.1 Å². The first-order chi connectivity index (χ1) is 8.90. The van der Waals surface area contributed by atoms with Crippen LogP contribution in [0.1, 0.15) is 23.0 Å². The number of hydrogen-bond acceptors (Lipinski definition) is 3. The third kappa shape index (κ3) is 2.85. The van der Waals surface area contributed by atoms with Crippen LogP contribution in [-0.4, -0.2) is 31.9 Å². The molecular weight excluding hydrogens is 244 g/mol. The molecule has 2 aromatic heterocycles. The molecule has 0 aliphatic rings. The summed E-state index contributed by atoms with van der Waals surface area (Å²) in [7, 11) is 3.58. The topological polar surface area (TPSA) is 72.1 Å². The van der Waals surface area contributed by atoms with Crippen LogP contribution in [0.2, 0.25) is 0 Å². The molecule has 1 atom stereocenters. The standard InChI is InChI=1S/C13H18N4O2/c1-13(19,10-7-15-17(3)8-10)9-14-12(18)11-5-4-6-16(11)2/h4-8,19H,9H2,1-3H3,(H,14,18). The average Bonchev–Trinajstić information content (AvgIpc) is 2.95. The van der Waals surface area contributed by atoms with Crippen LogP contribution in [0, 0.1) is 0 Å². The number of hydrogen-bond donors (Lipinski definition) is 2. The fourth-order valence-electron chi connectivity index (χ4n) is 1.84. The summed E-state index contributed by atoms with van der Waals surface area (Å²) in [4.78, 5) is 11.9. The van der Waals surface area contributed by atoms with Crippen molar-refractivity contribution in [3.05, 3.63) is 42.0 Å². The molecule has 1 amide bonds. The third-order valence-electron chi connectivity index (χ3n) is 3.10. The van der Waals surface area contributed by atoms with Gasteiger partial charge in [-0.2, -0.15) is 5.10 Å². The van der Waals surface area contributed by atoms with Crippen LogP contribution < -0.4 is 5.32 Å². The molecule has 2 N–H and O–H groups in total. The van der Waals surface area contributed by atoms with Crippen molar-refractivity contribution in [1.82, 2.24) is 19.7 Å². The molecule has 0 saturated carbocycles. The minimum Gasteiger partial charge on any atom is -0.383 e. The Morgan fingerprint density at radius 3 is 2.79 bits per heavy atom. The Bertz CT molecular complexity index is 583. The number of amides is 1. The monoisotopic (exact) mass is 262 g/mol. The van der Waals surface area contributed by atoms with Crippen LogP contribution in [0.3, 0.4) is 0 Å². The lowest BCUT2D eigenvalue weighted by Crippen LogP contribution is -2.39. The Hall–Kier alpha value is -2.08. The van der Waals surface area contributed by atoms with Crippen molar-refractivity contribution in [3.8, 4) is 0 Å². The van der Waals surface area contributed by atoms with E-state index in [1.807, 2.05) is 0 Å². The summed E-state index contributed by atoms with van der Waals surface area (Å²) in [6.07, 6.45) is 5.12. The van der Waals surface area contributed by atoms with Crippen molar-refractivity contribution in [1.29, 1.82) is 0 Å². The molecular formula is C13H18N4O2. The van der Waals surface area contributed by atoms with Gasteiger partial charge in [0.05, 0.1) is 12.7 Å². The van der Waals surface area contributed by atoms with Gasteiger partial charge in [0.15, 0.2) is 0 Å². The second-order valence-corrected chi connectivity index (χ2v) is 4.86. The van der Waals surface area contributed by atoms with Gasteiger partial charge in [0.1, 0.15) is 11.3 Å². The van der Waals surface area contributed by atoms with E-state index >= 15 is 0 Å². The number of nitrogens with one attached hydrogen (secondary N) is 1. The maximum atomic E-state index is 11.9. The van der Waals surface area contributed by atoms with Crippen molar-refractivity contribution in [2.75, 3.05) is 6.54 Å². The molecule has 2 rings (SSSR count). The SMILES string of the molecule is Cn1cc(C(C)(O)CNC(=O)c2cccn2C)cn1. The predicted molar refractivity (Wildman–Crippen MR) is 70.5 cm³/mol. The molecule has 0 spiro atoms. The van der Waals surface area contributed by atoms with Gasteiger partial charge in [0.2, 0.25) is 0 Å². The van der Waals surface area contributed by atoms with E-state index in [2.05, 4.69) is 10.4 Å². The van der Waals surface area contributed by atoms with Crippen LogP contribution in [0.5, 0.6) is 0 Å². The van der Waals surface area contributed by atoms with Crippen LogP contribution in [0.15, 0.2) is 30.7 Å². The van der Waals surface area contributed by atoms with Crippen molar-refractivity contribution in [3.63, 3.8) is 0 Å². The quantitative estimate of drug-likeness (QED) is 0.837. The highest BCUT2D eigenvalue weighted by molar-refractivity contribution is 5.92. The molecule has 2 aromatic rings. The Kier molecular flexibility index (Phi) is 3.44. The van der Waals surface area contributed by atoms with Gasteiger partial charge in [-0.05, 0) is 19.1 Å². The number of carbonyl (C=O) groups excluding carboxylic acids is 1. The molecule has 19 heavy (non-hydrogen) atoms. The maximum Gasteiger partial charge on any atom is 0.268 e. The molecule has 0 aliphatic carbocycles. The Morgan fingerprint density at radius 2 is 2.26 bits per heavy atom. The summed E-state index contributed by atoms with van der Waals surface area (Å²) in [5.41, 5.74) is 0.0823. The molecule has 6 heteroatoms. The van der Waals surface area contributed by atoms with Gasteiger partial charge in [-0.15, -0.1) is 0 Å². The van der Waals surface area contributed by atoms with Crippen LogP contribution in [0.25, 0.3) is 0 Å². The van der Waals surface area contributed by atoms with Gasteiger partial charge >= 0.3 is 0 Å². The maximum absolute atomic E-state index is 11.9. The summed E-state index contributed by atoms with van der Waals surface area (Å²) in [6.45, 7) is 1.78. The average molecular weight is 262 g/mol. The summed E-state index contributed by atoms with van der Waals surface area (Å²) in [5.74, 6) is -0.211. The zero-order valence-corrected chi connectivity index (χ0v) is 11.3. The highest BCUT2D eigenvalue weighted by atomic mass is 16.3. The second kappa shape index (κ2) is 4.89. The van der Waals surface area contributed by atoms with E-state index < -0.39 is 5.60 Å². The lowest BCUT2D eigenvalue weighted by Gasteiger charge is -2.22. The number of rotatable bonds is 4. The van der Waals surface area contributed by atoms with E-state index in [4.69, 9.17) is 0 Å². The molecule has 2 heterocycles. The van der Waals surface area contributed by atoms with Gasteiger partial charge in [-0.1, -0.05) is 0 Å². The lowest BCUT2D eigenvalue weighted by molar-refractivity contribution is 0.0523. The number of carbonyl (C=O) groups is 1. The highest BCUT2D eigenvalue weighted by Gasteiger charge is 2.25. The van der Waals surface area contributed by atoms with Crippen LogP contribution in [0.4, 0.5) is 0 Å². The van der Waals surface area contributed by atoms with E-state index in [1.54, 1.807) is 61.0 Å². The van der Waals surface area contributed by atoms with Gasteiger partial charge in [-0.25, -0.2) is 0 Å². The number of aromatic nitrogens is 3. The van der Waals surface area contributed by atoms with Crippen molar-refractivity contribution in [2.45, 2.75) is 12.5 Å². The molecule has 0 aliphatic heterocycles. The third-order valence-corrected chi connectivity index (χ3v) is 3.10. The summed E-state index contributed by atoms with van der Waals surface area (Å²) in [6, 6.07) is 3.53. The Morgan fingerprint density at radius 1 is 1.53 bits per heavy atom. The fraction of sp³-hybridized carbons (Fsp3) is 0.385. The van der Waals surface area contributed by atoms with Crippen LogP contribution in [-0.2, 0) is 19.7 Å². The normalized spacial score (nSPS) is 14.1. The van der Waals surface area contributed by atoms with Gasteiger partial charge < -0.3 is 15.0 Å². The van der Waals surface area contributed by atoms with E-state index in [-0.39, 0.29) is 12.5 Å². The molecule has 1 unspecified atom stereocenters.